The van der Waals surface area contributed by atoms with Crippen LogP contribution >= 0.6 is 11.3 Å². The van der Waals surface area contributed by atoms with Gasteiger partial charge >= 0.3 is 0 Å². The molecule has 1 amide bonds. The fourth-order valence-electron chi connectivity index (χ4n) is 1.30. The largest absolute Gasteiger partial charge is 0.396 e. The van der Waals surface area contributed by atoms with Gasteiger partial charge in [0.2, 0.25) is 0 Å². The van der Waals surface area contributed by atoms with Gasteiger partial charge in [0, 0.05) is 24.6 Å². The Morgan fingerprint density at radius 1 is 1.67 bits per heavy atom. The summed E-state index contributed by atoms with van der Waals surface area (Å²) in [6, 6.07) is 0.130. The summed E-state index contributed by atoms with van der Waals surface area (Å²) < 4.78 is 0. The fourth-order valence-corrected chi connectivity index (χ4v) is 1.83. The minimum Gasteiger partial charge on any atom is -0.396 e. The SMILES string of the molecule is CC(C)N(CCCO)C(=O)c1cscn1. The van der Waals surface area contributed by atoms with Crippen molar-refractivity contribution in [1.29, 1.82) is 0 Å². The predicted molar refractivity (Wildman–Crippen MR) is 60.0 cm³/mol. The quantitative estimate of drug-likeness (QED) is 0.828. The van der Waals surface area contributed by atoms with Crippen LogP contribution in [0.3, 0.4) is 0 Å². The monoisotopic (exact) mass is 228 g/mol. The number of carbonyl (C=O) groups excluding carboxylic acids is 1. The highest BCUT2D eigenvalue weighted by atomic mass is 32.1. The van der Waals surface area contributed by atoms with Gasteiger partial charge in [0.1, 0.15) is 5.69 Å². The molecule has 84 valence electrons. The summed E-state index contributed by atoms with van der Waals surface area (Å²) in [6.07, 6.45) is 0.605. The summed E-state index contributed by atoms with van der Waals surface area (Å²) in [7, 11) is 0. The van der Waals surface area contributed by atoms with Gasteiger partial charge in [-0.25, -0.2) is 4.98 Å². The lowest BCUT2D eigenvalue weighted by molar-refractivity contribution is 0.0688. The molecule has 0 saturated heterocycles. The lowest BCUT2D eigenvalue weighted by Crippen LogP contribution is -2.38. The van der Waals surface area contributed by atoms with Crippen LogP contribution in [0.15, 0.2) is 10.9 Å². The van der Waals surface area contributed by atoms with Gasteiger partial charge in [0.15, 0.2) is 0 Å². The van der Waals surface area contributed by atoms with E-state index in [2.05, 4.69) is 4.98 Å². The van der Waals surface area contributed by atoms with Crippen LogP contribution in [0, 0.1) is 0 Å². The van der Waals surface area contributed by atoms with E-state index in [1.165, 1.54) is 11.3 Å². The normalized spacial score (nSPS) is 10.7. The Hall–Kier alpha value is -0.940. The van der Waals surface area contributed by atoms with Crippen molar-refractivity contribution in [3.63, 3.8) is 0 Å². The first-order valence-corrected chi connectivity index (χ1v) is 5.91. The molecule has 4 nitrogen and oxygen atoms in total. The first kappa shape index (κ1) is 12.1. The number of amides is 1. The lowest BCUT2D eigenvalue weighted by atomic mass is 10.2. The van der Waals surface area contributed by atoms with E-state index >= 15 is 0 Å². The van der Waals surface area contributed by atoms with Crippen molar-refractivity contribution in [1.82, 2.24) is 9.88 Å². The fraction of sp³-hybridized carbons (Fsp3) is 0.600. The van der Waals surface area contributed by atoms with Gasteiger partial charge in [0.25, 0.3) is 5.91 Å². The third-order valence-corrected chi connectivity index (χ3v) is 2.68. The zero-order chi connectivity index (χ0) is 11.3. The number of rotatable bonds is 5. The molecule has 1 heterocycles. The highest BCUT2D eigenvalue weighted by Gasteiger charge is 2.19. The molecule has 0 radical (unpaired) electrons. The van der Waals surface area contributed by atoms with E-state index in [1.807, 2.05) is 13.8 Å². The van der Waals surface area contributed by atoms with Crippen LogP contribution in [-0.2, 0) is 0 Å². The molecule has 0 fully saturated rings. The van der Waals surface area contributed by atoms with Crippen LogP contribution < -0.4 is 0 Å². The van der Waals surface area contributed by atoms with E-state index in [-0.39, 0.29) is 18.6 Å². The molecule has 1 rings (SSSR count). The molecule has 0 aliphatic rings. The average Bonchev–Trinajstić information content (AvgIpc) is 2.70. The number of thiazole rings is 1. The topological polar surface area (TPSA) is 53.4 Å². The van der Waals surface area contributed by atoms with Crippen molar-refractivity contribution in [3.05, 3.63) is 16.6 Å². The van der Waals surface area contributed by atoms with Crippen LogP contribution in [0.2, 0.25) is 0 Å². The zero-order valence-electron chi connectivity index (χ0n) is 9.01. The number of hydrogen-bond donors (Lipinski definition) is 1. The summed E-state index contributed by atoms with van der Waals surface area (Å²) in [5.74, 6) is -0.0558. The molecular formula is C10H16N2O2S. The maximum absolute atomic E-state index is 11.9. The summed E-state index contributed by atoms with van der Waals surface area (Å²) in [5.41, 5.74) is 2.14. The van der Waals surface area contributed by atoms with Gasteiger partial charge in [-0.15, -0.1) is 11.3 Å². The molecule has 0 bridgehead atoms. The highest BCUT2D eigenvalue weighted by Crippen LogP contribution is 2.09. The van der Waals surface area contributed by atoms with Crippen molar-refractivity contribution in [2.24, 2.45) is 0 Å². The number of aromatic nitrogens is 1. The summed E-state index contributed by atoms with van der Waals surface area (Å²) in [4.78, 5) is 17.7. The number of aliphatic hydroxyl groups is 1. The molecule has 1 aromatic rings. The molecule has 0 aliphatic carbocycles. The van der Waals surface area contributed by atoms with Gasteiger partial charge in [-0.1, -0.05) is 0 Å². The molecule has 0 atom stereocenters. The molecule has 0 unspecified atom stereocenters. The van der Waals surface area contributed by atoms with Crippen molar-refractivity contribution >= 4 is 17.2 Å². The van der Waals surface area contributed by atoms with E-state index in [4.69, 9.17) is 5.11 Å². The van der Waals surface area contributed by atoms with Gasteiger partial charge in [-0.05, 0) is 20.3 Å². The zero-order valence-corrected chi connectivity index (χ0v) is 9.83. The Labute approximate surface area is 93.6 Å². The van der Waals surface area contributed by atoms with Crippen LogP contribution in [0.5, 0.6) is 0 Å². The molecule has 0 saturated carbocycles. The second-order valence-electron chi connectivity index (χ2n) is 3.54. The van der Waals surface area contributed by atoms with Gasteiger partial charge < -0.3 is 10.0 Å². The number of carbonyl (C=O) groups is 1. The first-order chi connectivity index (χ1) is 7.16. The maximum atomic E-state index is 11.9. The third kappa shape index (κ3) is 3.28. The van der Waals surface area contributed by atoms with Crippen LogP contribution in [-0.4, -0.2) is 40.1 Å². The second kappa shape index (κ2) is 5.82. The van der Waals surface area contributed by atoms with Gasteiger partial charge in [0.05, 0.1) is 5.51 Å². The minimum absolute atomic E-state index is 0.0558. The van der Waals surface area contributed by atoms with Crippen LogP contribution in [0.25, 0.3) is 0 Å². The number of hydrogen-bond acceptors (Lipinski definition) is 4. The Morgan fingerprint density at radius 2 is 2.40 bits per heavy atom. The molecular weight excluding hydrogens is 212 g/mol. The smallest absolute Gasteiger partial charge is 0.273 e. The predicted octanol–water partition coefficient (Wildman–Crippen LogP) is 1.38. The van der Waals surface area contributed by atoms with Crippen LogP contribution in [0.4, 0.5) is 0 Å². The standard InChI is InChI=1S/C10H16N2O2S/c1-8(2)12(4-3-5-13)10(14)9-6-15-7-11-9/h6-8,13H,3-5H2,1-2H3. The van der Waals surface area contributed by atoms with Crippen molar-refractivity contribution < 1.29 is 9.90 Å². The molecule has 15 heavy (non-hydrogen) atoms. The Bertz CT molecular complexity index is 298. The molecule has 0 aromatic carbocycles. The summed E-state index contributed by atoms with van der Waals surface area (Å²) >= 11 is 1.41. The molecule has 1 N–H and O–H groups in total. The molecule has 5 heteroatoms. The Kier molecular flexibility index (Phi) is 4.71. The number of nitrogens with zero attached hydrogens (tertiary/aromatic N) is 2. The third-order valence-electron chi connectivity index (χ3n) is 2.09. The summed E-state index contributed by atoms with van der Waals surface area (Å²) in [6.45, 7) is 4.60. The average molecular weight is 228 g/mol. The van der Waals surface area contributed by atoms with E-state index in [0.717, 1.165) is 0 Å². The van der Waals surface area contributed by atoms with E-state index in [0.29, 0.717) is 18.7 Å². The van der Waals surface area contributed by atoms with Gasteiger partial charge in [-0.2, -0.15) is 0 Å². The number of aliphatic hydroxyl groups excluding tert-OH is 1. The maximum Gasteiger partial charge on any atom is 0.273 e. The van der Waals surface area contributed by atoms with E-state index in [1.54, 1.807) is 15.8 Å². The van der Waals surface area contributed by atoms with Gasteiger partial charge in [-0.3, -0.25) is 4.79 Å². The first-order valence-electron chi connectivity index (χ1n) is 4.96. The van der Waals surface area contributed by atoms with Crippen molar-refractivity contribution in [2.45, 2.75) is 26.3 Å². The van der Waals surface area contributed by atoms with E-state index in [9.17, 15) is 4.79 Å². The molecule has 0 spiro atoms. The lowest BCUT2D eigenvalue weighted by Gasteiger charge is -2.25. The van der Waals surface area contributed by atoms with E-state index < -0.39 is 0 Å². The molecule has 0 aliphatic heterocycles. The van der Waals surface area contributed by atoms with Crippen molar-refractivity contribution in [2.75, 3.05) is 13.2 Å². The minimum atomic E-state index is -0.0558. The summed E-state index contributed by atoms with van der Waals surface area (Å²) in [5, 5.41) is 10.5. The van der Waals surface area contributed by atoms with Crippen molar-refractivity contribution in [3.8, 4) is 0 Å². The highest BCUT2D eigenvalue weighted by molar-refractivity contribution is 7.07. The Balaban J connectivity index is 2.67. The second-order valence-corrected chi connectivity index (χ2v) is 4.26. The Morgan fingerprint density at radius 3 is 2.87 bits per heavy atom. The van der Waals surface area contributed by atoms with Crippen LogP contribution in [0.1, 0.15) is 30.8 Å². The molecule has 1 aromatic heterocycles.